The van der Waals surface area contributed by atoms with Crippen molar-refractivity contribution in [1.29, 1.82) is 0 Å². The van der Waals surface area contributed by atoms with Crippen LogP contribution in [0, 0.1) is 6.92 Å². The molecular weight excluding hydrogens is 266 g/mol. The van der Waals surface area contributed by atoms with Gasteiger partial charge in [0.15, 0.2) is 0 Å². The molecule has 1 aromatic heterocycles. The molecule has 84 valence electrons. The van der Waals surface area contributed by atoms with Crippen molar-refractivity contribution < 1.29 is 0 Å². The van der Waals surface area contributed by atoms with Crippen molar-refractivity contribution in [3.05, 3.63) is 46.7 Å². The van der Waals surface area contributed by atoms with E-state index in [1.807, 2.05) is 42.2 Å². The maximum Gasteiger partial charge on any atom is 0.0582 e. The lowest BCUT2D eigenvalue weighted by Gasteiger charge is -2.08. The van der Waals surface area contributed by atoms with E-state index in [4.69, 9.17) is 0 Å². The van der Waals surface area contributed by atoms with Crippen molar-refractivity contribution in [1.82, 2.24) is 9.78 Å². The maximum absolute atomic E-state index is 4.23. The van der Waals surface area contributed by atoms with Crippen molar-refractivity contribution in [3.8, 4) is 0 Å². The van der Waals surface area contributed by atoms with Gasteiger partial charge in [0.05, 0.1) is 12.7 Å². The average molecular weight is 280 g/mol. The summed E-state index contributed by atoms with van der Waals surface area (Å²) in [6, 6.07) is 8.11. The van der Waals surface area contributed by atoms with Gasteiger partial charge in [-0.3, -0.25) is 4.68 Å². The van der Waals surface area contributed by atoms with Gasteiger partial charge in [0.1, 0.15) is 0 Å². The van der Waals surface area contributed by atoms with Crippen LogP contribution in [-0.4, -0.2) is 16.3 Å². The van der Waals surface area contributed by atoms with Gasteiger partial charge in [0.2, 0.25) is 0 Å². The summed E-state index contributed by atoms with van der Waals surface area (Å²) in [6.45, 7) is 3.78. The van der Waals surface area contributed by atoms with Gasteiger partial charge in [-0.05, 0) is 40.5 Å². The van der Waals surface area contributed by atoms with Crippen LogP contribution >= 0.6 is 15.9 Å². The molecule has 2 rings (SSSR count). The first-order valence-corrected chi connectivity index (χ1v) is 6.02. The lowest BCUT2D eigenvalue weighted by Crippen LogP contribution is -2.10. The number of rotatable bonds is 4. The molecule has 3 nitrogen and oxygen atoms in total. The van der Waals surface area contributed by atoms with E-state index >= 15 is 0 Å². The first-order valence-electron chi connectivity index (χ1n) is 5.23. The highest BCUT2D eigenvalue weighted by molar-refractivity contribution is 9.10. The summed E-state index contributed by atoms with van der Waals surface area (Å²) in [5, 5.41) is 7.60. The number of para-hydroxylation sites is 1. The van der Waals surface area contributed by atoms with Gasteiger partial charge in [0, 0.05) is 22.9 Å². The second kappa shape index (κ2) is 5.16. The molecule has 1 heterocycles. The number of hydrogen-bond donors (Lipinski definition) is 1. The zero-order chi connectivity index (χ0) is 11.4. The van der Waals surface area contributed by atoms with E-state index in [2.05, 4.69) is 32.4 Å². The monoisotopic (exact) mass is 279 g/mol. The first kappa shape index (κ1) is 11.2. The molecule has 1 aromatic carbocycles. The van der Waals surface area contributed by atoms with Crippen molar-refractivity contribution in [3.63, 3.8) is 0 Å². The van der Waals surface area contributed by atoms with Gasteiger partial charge < -0.3 is 5.32 Å². The third kappa shape index (κ3) is 2.85. The van der Waals surface area contributed by atoms with Crippen LogP contribution in [0.4, 0.5) is 5.69 Å². The fourth-order valence-electron chi connectivity index (χ4n) is 1.50. The molecule has 0 bridgehead atoms. The number of anilines is 1. The number of aryl methyl sites for hydroxylation is 1. The topological polar surface area (TPSA) is 29.9 Å². The third-order valence-corrected chi connectivity index (χ3v) is 2.98. The lowest BCUT2D eigenvalue weighted by atomic mass is 10.3. The number of hydrogen-bond acceptors (Lipinski definition) is 2. The molecule has 0 atom stereocenters. The van der Waals surface area contributed by atoms with Crippen molar-refractivity contribution in [2.45, 2.75) is 13.5 Å². The van der Waals surface area contributed by atoms with Gasteiger partial charge in [-0.25, -0.2) is 0 Å². The van der Waals surface area contributed by atoms with E-state index < -0.39 is 0 Å². The Labute approximate surface area is 104 Å². The number of benzene rings is 1. The predicted molar refractivity (Wildman–Crippen MR) is 69.6 cm³/mol. The smallest absolute Gasteiger partial charge is 0.0582 e. The maximum atomic E-state index is 4.23. The summed E-state index contributed by atoms with van der Waals surface area (Å²) < 4.78 is 3.03. The Morgan fingerprint density at radius 2 is 2.19 bits per heavy atom. The van der Waals surface area contributed by atoms with Crippen LogP contribution in [0.3, 0.4) is 0 Å². The summed E-state index contributed by atoms with van der Waals surface area (Å²) in [5.74, 6) is 0. The second-order valence-electron chi connectivity index (χ2n) is 3.69. The minimum atomic E-state index is 0.865. The van der Waals surface area contributed by atoms with Gasteiger partial charge in [0.25, 0.3) is 0 Å². The fraction of sp³-hybridized carbons (Fsp3) is 0.250. The van der Waals surface area contributed by atoms with Gasteiger partial charge in [-0.15, -0.1) is 0 Å². The minimum Gasteiger partial charge on any atom is -0.382 e. The largest absolute Gasteiger partial charge is 0.382 e. The Morgan fingerprint density at radius 3 is 2.88 bits per heavy atom. The molecule has 0 unspecified atom stereocenters. The zero-order valence-electron chi connectivity index (χ0n) is 9.15. The van der Waals surface area contributed by atoms with Crippen LogP contribution in [0.1, 0.15) is 5.56 Å². The number of nitrogens with one attached hydrogen (secondary N) is 1. The summed E-state index contributed by atoms with van der Waals surface area (Å²) in [4.78, 5) is 0. The van der Waals surface area contributed by atoms with E-state index in [9.17, 15) is 0 Å². The Balaban J connectivity index is 1.87. The highest BCUT2D eigenvalue weighted by atomic mass is 79.9. The summed E-state index contributed by atoms with van der Waals surface area (Å²) in [5.41, 5.74) is 2.31. The molecule has 16 heavy (non-hydrogen) atoms. The number of aromatic nitrogens is 2. The van der Waals surface area contributed by atoms with Crippen LogP contribution in [-0.2, 0) is 6.54 Å². The number of nitrogens with zero attached hydrogens (tertiary/aromatic N) is 2. The molecule has 0 amide bonds. The van der Waals surface area contributed by atoms with Crippen LogP contribution < -0.4 is 5.32 Å². The molecule has 0 spiro atoms. The zero-order valence-corrected chi connectivity index (χ0v) is 10.7. The molecule has 1 N–H and O–H groups in total. The van der Waals surface area contributed by atoms with E-state index in [-0.39, 0.29) is 0 Å². The molecule has 0 radical (unpaired) electrons. The molecule has 0 aliphatic rings. The molecule has 0 aliphatic carbocycles. The Morgan fingerprint density at radius 1 is 1.38 bits per heavy atom. The summed E-state index contributed by atoms with van der Waals surface area (Å²) in [6.07, 6.45) is 3.92. The SMILES string of the molecule is Cc1cnn(CCNc2ccccc2Br)c1. The van der Waals surface area contributed by atoms with Crippen LogP contribution in [0.2, 0.25) is 0 Å². The van der Waals surface area contributed by atoms with E-state index in [1.165, 1.54) is 5.56 Å². The van der Waals surface area contributed by atoms with Gasteiger partial charge in [-0.2, -0.15) is 5.10 Å². The first-order chi connectivity index (χ1) is 7.75. The van der Waals surface area contributed by atoms with Crippen LogP contribution in [0.5, 0.6) is 0 Å². The highest BCUT2D eigenvalue weighted by Crippen LogP contribution is 2.20. The van der Waals surface area contributed by atoms with Gasteiger partial charge in [-0.1, -0.05) is 12.1 Å². The van der Waals surface area contributed by atoms with E-state index in [0.717, 1.165) is 23.2 Å². The van der Waals surface area contributed by atoms with Crippen LogP contribution in [0.25, 0.3) is 0 Å². The van der Waals surface area contributed by atoms with Gasteiger partial charge >= 0.3 is 0 Å². The molecule has 0 saturated heterocycles. The standard InChI is InChI=1S/C12H14BrN3/c1-10-8-15-16(9-10)7-6-14-12-5-3-2-4-11(12)13/h2-5,8-9,14H,6-7H2,1H3. The fourth-order valence-corrected chi connectivity index (χ4v) is 1.92. The Hall–Kier alpha value is -1.29. The second-order valence-corrected chi connectivity index (χ2v) is 4.54. The molecular formula is C12H14BrN3. The lowest BCUT2D eigenvalue weighted by molar-refractivity contribution is 0.637. The minimum absolute atomic E-state index is 0.865. The van der Waals surface area contributed by atoms with E-state index in [1.54, 1.807) is 0 Å². The highest BCUT2D eigenvalue weighted by Gasteiger charge is 1.97. The Bertz CT molecular complexity index is 465. The van der Waals surface area contributed by atoms with Crippen molar-refractivity contribution in [2.75, 3.05) is 11.9 Å². The molecule has 0 aliphatic heterocycles. The molecule has 0 fully saturated rings. The predicted octanol–water partition coefficient (Wildman–Crippen LogP) is 3.07. The normalized spacial score (nSPS) is 10.4. The summed E-state index contributed by atoms with van der Waals surface area (Å²) >= 11 is 3.50. The Kier molecular flexibility index (Phi) is 3.62. The molecule has 4 heteroatoms. The third-order valence-electron chi connectivity index (χ3n) is 2.29. The van der Waals surface area contributed by atoms with E-state index in [0.29, 0.717) is 0 Å². The quantitative estimate of drug-likeness (QED) is 0.932. The van der Waals surface area contributed by atoms with Crippen LogP contribution in [0.15, 0.2) is 41.1 Å². The average Bonchev–Trinajstić information content (AvgIpc) is 2.67. The number of halogens is 1. The molecule has 2 aromatic rings. The summed E-state index contributed by atoms with van der Waals surface area (Å²) in [7, 11) is 0. The van der Waals surface area contributed by atoms with Crippen molar-refractivity contribution in [2.24, 2.45) is 0 Å². The molecule has 0 saturated carbocycles. The van der Waals surface area contributed by atoms with Crippen molar-refractivity contribution >= 4 is 21.6 Å².